The molecule has 1 rings (SSSR count). The number of carbonyl (C=O) groups excluding carboxylic acids is 2. The van der Waals surface area contributed by atoms with Crippen LogP contribution in [-0.2, 0) is 9.53 Å². The minimum absolute atomic E-state index is 0.292. The van der Waals surface area contributed by atoms with Crippen LogP contribution in [0.5, 0.6) is 0 Å². The van der Waals surface area contributed by atoms with Crippen molar-refractivity contribution in [3.63, 3.8) is 0 Å². The molecule has 0 aliphatic rings. The van der Waals surface area contributed by atoms with Crippen molar-refractivity contribution in [1.29, 1.82) is 0 Å². The van der Waals surface area contributed by atoms with Crippen LogP contribution in [0, 0.1) is 0 Å². The van der Waals surface area contributed by atoms with Gasteiger partial charge in [-0.15, -0.1) is 0 Å². The van der Waals surface area contributed by atoms with E-state index >= 15 is 0 Å². The molecule has 0 saturated carbocycles. The molecule has 0 spiro atoms. The number of esters is 1. The average Bonchev–Trinajstić information content (AvgIpc) is 2.35. The van der Waals surface area contributed by atoms with Crippen molar-refractivity contribution < 1.29 is 19.4 Å². The number of ether oxygens (including phenoxy) is 1. The number of hydrogen-bond donors (Lipinski definition) is 2. The lowest BCUT2D eigenvalue weighted by Crippen LogP contribution is -2.45. The van der Waals surface area contributed by atoms with Gasteiger partial charge in [0.1, 0.15) is 0 Å². The van der Waals surface area contributed by atoms with E-state index < -0.39 is 24.5 Å². The SMILES string of the molecule is CC(C)OC(=O)[C@H](CO)NC(=O)c1ccccc1. The van der Waals surface area contributed by atoms with Crippen LogP contribution in [0.2, 0.25) is 0 Å². The van der Waals surface area contributed by atoms with Gasteiger partial charge in [0.2, 0.25) is 0 Å². The summed E-state index contributed by atoms with van der Waals surface area (Å²) in [6.07, 6.45) is -0.292. The minimum atomic E-state index is -1.04. The van der Waals surface area contributed by atoms with Gasteiger partial charge >= 0.3 is 5.97 Å². The van der Waals surface area contributed by atoms with E-state index in [2.05, 4.69) is 5.32 Å². The van der Waals surface area contributed by atoms with Crippen molar-refractivity contribution in [1.82, 2.24) is 5.32 Å². The fraction of sp³-hybridized carbons (Fsp3) is 0.385. The van der Waals surface area contributed by atoms with Crippen LogP contribution in [0.25, 0.3) is 0 Å². The van der Waals surface area contributed by atoms with E-state index in [0.717, 1.165) is 0 Å². The lowest BCUT2D eigenvalue weighted by molar-refractivity contribution is -0.150. The monoisotopic (exact) mass is 251 g/mol. The van der Waals surface area contributed by atoms with Gasteiger partial charge in [0.15, 0.2) is 6.04 Å². The van der Waals surface area contributed by atoms with Gasteiger partial charge in [-0.25, -0.2) is 4.79 Å². The maximum atomic E-state index is 11.8. The molecule has 0 radical (unpaired) electrons. The van der Waals surface area contributed by atoms with Crippen molar-refractivity contribution in [2.24, 2.45) is 0 Å². The van der Waals surface area contributed by atoms with E-state index in [0.29, 0.717) is 5.56 Å². The number of aliphatic hydroxyl groups excluding tert-OH is 1. The second kappa shape index (κ2) is 6.76. The molecule has 0 aromatic heterocycles. The van der Waals surface area contributed by atoms with Crippen molar-refractivity contribution in [3.05, 3.63) is 35.9 Å². The Kier molecular flexibility index (Phi) is 5.32. The lowest BCUT2D eigenvalue weighted by Gasteiger charge is -2.17. The molecule has 0 unspecified atom stereocenters. The second-order valence-electron chi connectivity index (χ2n) is 4.06. The molecule has 1 aromatic carbocycles. The highest BCUT2D eigenvalue weighted by atomic mass is 16.5. The van der Waals surface area contributed by atoms with Crippen molar-refractivity contribution >= 4 is 11.9 Å². The zero-order valence-corrected chi connectivity index (χ0v) is 10.4. The van der Waals surface area contributed by atoms with Gasteiger partial charge < -0.3 is 15.2 Å². The van der Waals surface area contributed by atoms with Gasteiger partial charge in [-0.2, -0.15) is 0 Å². The van der Waals surface area contributed by atoms with Gasteiger partial charge in [0.25, 0.3) is 5.91 Å². The molecule has 0 bridgehead atoms. The quantitative estimate of drug-likeness (QED) is 0.756. The molecule has 0 aliphatic carbocycles. The number of nitrogens with one attached hydrogen (secondary N) is 1. The number of amides is 1. The molecule has 1 aromatic rings. The van der Waals surface area contributed by atoms with Crippen molar-refractivity contribution in [2.45, 2.75) is 26.0 Å². The number of hydrogen-bond acceptors (Lipinski definition) is 4. The highest BCUT2D eigenvalue weighted by molar-refractivity contribution is 5.96. The van der Waals surface area contributed by atoms with Crippen LogP contribution in [0.15, 0.2) is 30.3 Å². The average molecular weight is 251 g/mol. The predicted molar refractivity (Wildman–Crippen MR) is 66.0 cm³/mol. The van der Waals surface area contributed by atoms with Crippen LogP contribution in [0.1, 0.15) is 24.2 Å². The molecule has 0 aliphatic heterocycles. The summed E-state index contributed by atoms with van der Waals surface area (Å²) in [7, 11) is 0. The van der Waals surface area contributed by atoms with Crippen LogP contribution in [0.4, 0.5) is 0 Å². The molecule has 2 N–H and O–H groups in total. The zero-order chi connectivity index (χ0) is 13.5. The number of rotatable bonds is 5. The number of aliphatic hydroxyl groups is 1. The summed E-state index contributed by atoms with van der Waals surface area (Å²) in [4.78, 5) is 23.3. The Balaban J connectivity index is 2.64. The first kappa shape index (κ1) is 14.2. The summed E-state index contributed by atoms with van der Waals surface area (Å²) in [5, 5.41) is 11.5. The smallest absolute Gasteiger partial charge is 0.331 e. The molecule has 1 atom stereocenters. The van der Waals surface area contributed by atoms with Gasteiger partial charge in [-0.05, 0) is 26.0 Å². The Hall–Kier alpha value is -1.88. The third kappa shape index (κ3) is 4.18. The van der Waals surface area contributed by atoms with Crippen LogP contribution in [-0.4, -0.2) is 35.7 Å². The Bertz CT molecular complexity index is 403. The lowest BCUT2D eigenvalue weighted by atomic mass is 10.2. The Morgan fingerprint density at radius 1 is 1.28 bits per heavy atom. The Labute approximate surface area is 106 Å². The van der Waals surface area contributed by atoms with Crippen molar-refractivity contribution in [3.8, 4) is 0 Å². The standard InChI is InChI=1S/C13H17NO4/c1-9(2)18-13(17)11(8-15)14-12(16)10-6-4-3-5-7-10/h3-7,9,11,15H,8H2,1-2H3,(H,14,16)/t11-/m0/s1. The molecule has 0 saturated heterocycles. The van der Waals surface area contributed by atoms with Crippen LogP contribution in [0.3, 0.4) is 0 Å². The van der Waals surface area contributed by atoms with Crippen LogP contribution >= 0.6 is 0 Å². The molecular formula is C13H17NO4. The number of carbonyl (C=O) groups is 2. The normalized spacial score (nSPS) is 12.0. The van der Waals surface area contributed by atoms with E-state index in [1.807, 2.05) is 0 Å². The fourth-order valence-corrected chi connectivity index (χ4v) is 1.32. The molecule has 5 nitrogen and oxygen atoms in total. The van der Waals surface area contributed by atoms with Gasteiger partial charge in [-0.1, -0.05) is 18.2 Å². The van der Waals surface area contributed by atoms with Crippen molar-refractivity contribution in [2.75, 3.05) is 6.61 Å². The molecule has 18 heavy (non-hydrogen) atoms. The topological polar surface area (TPSA) is 75.6 Å². The molecular weight excluding hydrogens is 234 g/mol. The highest BCUT2D eigenvalue weighted by Crippen LogP contribution is 2.00. The molecule has 1 amide bonds. The first-order valence-electron chi connectivity index (χ1n) is 5.72. The first-order chi connectivity index (χ1) is 8.54. The molecule has 0 heterocycles. The van der Waals surface area contributed by atoms with Crippen LogP contribution < -0.4 is 5.32 Å². The largest absolute Gasteiger partial charge is 0.461 e. The Morgan fingerprint density at radius 3 is 2.39 bits per heavy atom. The summed E-state index contributed by atoms with van der Waals surface area (Å²) in [5.41, 5.74) is 0.424. The van der Waals surface area contributed by atoms with Gasteiger partial charge in [0.05, 0.1) is 12.7 Å². The van der Waals surface area contributed by atoms with E-state index in [1.165, 1.54) is 0 Å². The third-order valence-electron chi connectivity index (χ3n) is 2.16. The molecule has 0 fully saturated rings. The summed E-state index contributed by atoms with van der Waals surface area (Å²) in [6.45, 7) is 2.90. The van der Waals surface area contributed by atoms with E-state index in [1.54, 1.807) is 44.2 Å². The summed E-state index contributed by atoms with van der Waals surface area (Å²) < 4.78 is 4.93. The fourth-order valence-electron chi connectivity index (χ4n) is 1.32. The van der Waals surface area contributed by atoms with Gasteiger partial charge in [-0.3, -0.25) is 4.79 Å². The van der Waals surface area contributed by atoms with E-state index in [9.17, 15) is 9.59 Å². The first-order valence-corrected chi connectivity index (χ1v) is 5.72. The number of benzene rings is 1. The molecule has 5 heteroatoms. The second-order valence-corrected chi connectivity index (χ2v) is 4.06. The van der Waals surface area contributed by atoms with E-state index in [-0.39, 0.29) is 6.10 Å². The third-order valence-corrected chi connectivity index (χ3v) is 2.16. The maximum absolute atomic E-state index is 11.8. The Morgan fingerprint density at radius 2 is 1.89 bits per heavy atom. The van der Waals surface area contributed by atoms with Gasteiger partial charge in [0, 0.05) is 5.56 Å². The summed E-state index contributed by atoms with van der Waals surface area (Å²) in [6, 6.07) is 7.42. The minimum Gasteiger partial charge on any atom is -0.461 e. The summed E-state index contributed by atoms with van der Waals surface area (Å²) in [5.74, 6) is -1.06. The zero-order valence-electron chi connectivity index (χ0n) is 10.4. The maximum Gasteiger partial charge on any atom is 0.331 e. The summed E-state index contributed by atoms with van der Waals surface area (Å²) >= 11 is 0. The predicted octanol–water partition coefficient (Wildman–Crippen LogP) is 0.729. The van der Waals surface area contributed by atoms with E-state index in [4.69, 9.17) is 9.84 Å². The molecule has 98 valence electrons. The highest BCUT2D eigenvalue weighted by Gasteiger charge is 2.22.